The Balaban J connectivity index is 2.04. The Hall–Kier alpha value is -0.370. The van der Waals surface area contributed by atoms with Gasteiger partial charge in [0.2, 0.25) is 0 Å². The number of Topliss-reactive ketones (excluding diaryl/α,β-unsaturated/α-hetero) is 1. The molecule has 1 saturated heterocycles. The number of likely N-dealkylation sites (tertiary alicyclic amines) is 1. The smallest absolute Gasteiger partial charge is 0.139 e. The van der Waals surface area contributed by atoms with E-state index in [0.29, 0.717) is 17.7 Å². The molecule has 2 rings (SSSR count). The summed E-state index contributed by atoms with van der Waals surface area (Å²) < 4.78 is 0. The third-order valence-electron chi connectivity index (χ3n) is 5.27. The van der Waals surface area contributed by atoms with Gasteiger partial charge >= 0.3 is 0 Å². The Bertz CT molecular complexity index is 289. The number of carbonyl (C=O) groups excluding carboxylic acids is 1. The molecule has 0 aromatic rings. The van der Waals surface area contributed by atoms with E-state index in [4.69, 9.17) is 0 Å². The number of carbonyl (C=O) groups is 1. The highest BCUT2D eigenvalue weighted by Gasteiger charge is 2.46. The standard InChI is InChI=1S/C15H27NO/c1-11(2)16-7-5-15(6-8-16)10-13(4)12(3)9-14(15)17/h11-13H,5-10H2,1-4H3. The van der Waals surface area contributed by atoms with Crippen molar-refractivity contribution in [3.8, 4) is 0 Å². The summed E-state index contributed by atoms with van der Waals surface area (Å²) >= 11 is 0. The van der Waals surface area contributed by atoms with Gasteiger partial charge in [-0.3, -0.25) is 4.79 Å². The van der Waals surface area contributed by atoms with Crippen LogP contribution >= 0.6 is 0 Å². The van der Waals surface area contributed by atoms with E-state index in [-0.39, 0.29) is 5.41 Å². The van der Waals surface area contributed by atoms with Crippen molar-refractivity contribution in [2.24, 2.45) is 17.3 Å². The molecule has 2 fully saturated rings. The topological polar surface area (TPSA) is 20.3 Å². The molecule has 2 nitrogen and oxygen atoms in total. The summed E-state index contributed by atoms with van der Waals surface area (Å²) in [5, 5.41) is 0. The average Bonchev–Trinajstić information content (AvgIpc) is 2.27. The average molecular weight is 237 g/mol. The van der Waals surface area contributed by atoms with Crippen LogP contribution in [0.4, 0.5) is 0 Å². The van der Waals surface area contributed by atoms with Crippen LogP contribution in [0.5, 0.6) is 0 Å². The predicted molar refractivity (Wildman–Crippen MR) is 70.9 cm³/mol. The van der Waals surface area contributed by atoms with Gasteiger partial charge in [0, 0.05) is 17.9 Å². The summed E-state index contributed by atoms with van der Waals surface area (Å²) in [5.74, 6) is 1.88. The van der Waals surface area contributed by atoms with Crippen molar-refractivity contribution in [2.75, 3.05) is 13.1 Å². The van der Waals surface area contributed by atoms with E-state index in [1.165, 1.54) is 0 Å². The molecule has 1 saturated carbocycles. The summed E-state index contributed by atoms with van der Waals surface area (Å²) in [5.41, 5.74) is 0.0529. The molecule has 2 unspecified atom stereocenters. The van der Waals surface area contributed by atoms with Crippen molar-refractivity contribution in [2.45, 2.75) is 59.4 Å². The highest BCUT2D eigenvalue weighted by molar-refractivity contribution is 5.86. The quantitative estimate of drug-likeness (QED) is 0.698. The van der Waals surface area contributed by atoms with E-state index < -0.39 is 0 Å². The fourth-order valence-corrected chi connectivity index (χ4v) is 3.59. The maximum absolute atomic E-state index is 12.4. The van der Waals surface area contributed by atoms with Crippen molar-refractivity contribution < 1.29 is 4.79 Å². The maximum atomic E-state index is 12.4. The molecule has 0 bridgehead atoms. The zero-order chi connectivity index (χ0) is 12.6. The lowest BCUT2D eigenvalue weighted by Gasteiger charge is -2.47. The summed E-state index contributed by atoms with van der Waals surface area (Å²) in [6.45, 7) is 11.3. The molecule has 2 atom stereocenters. The lowest BCUT2D eigenvalue weighted by atomic mass is 9.61. The number of hydrogen-bond donors (Lipinski definition) is 0. The number of hydrogen-bond acceptors (Lipinski definition) is 2. The first kappa shape index (κ1) is 13.1. The molecule has 1 heterocycles. The molecule has 0 aromatic carbocycles. The minimum Gasteiger partial charge on any atom is -0.301 e. The second-order valence-corrected chi connectivity index (χ2v) is 6.70. The molecule has 98 valence electrons. The van der Waals surface area contributed by atoms with Gasteiger partial charge in [0.05, 0.1) is 0 Å². The van der Waals surface area contributed by atoms with Crippen molar-refractivity contribution in [3.63, 3.8) is 0 Å². The van der Waals surface area contributed by atoms with Gasteiger partial charge in [0.1, 0.15) is 5.78 Å². The summed E-state index contributed by atoms with van der Waals surface area (Å²) in [6, 6.07) is 0.627. The first-order chi connectivity index (χ1) is 7.94. The van der Waals surface area contributed by atoms with Gasteiger partial charge in [-0.1, -0.05) is 13.8 Å². The minimum absolute atomic E-state index is 0.0529. The fourth-order valence-electron chi connectivity index (χ4n) is 3.59. The van der Waals surface area contributed by atoms with E-state index in [9.17, 15) is 4.79 Å². The van der Waals surface area contributed by atoms with E-state index >= 15 is 0 Å². The minimum atomic E-state index is 0.0529. The van der Waals surface area contributed by atoms with Crippen molar-refractivity contribution in [1.82, 2.24) is 4.90 Å². The number of ketones is 1. The molecule has 17 heavy (non-hydrogen) atoms. The largest absolute Gasteiger partial charge is 0.301 e. The van der Waals surface area contributed by atoms with Crippen LogP contribution < -0.4 is 0 Å². The SMILES string of the molecule is CC1CC(=O)C2(CCN(C(C)C)CC2)CC1C. The maximum Gasteiger partial charge on any atom is 0.139 e. The lowest BCUT2D eigenvalue weighted by molar-refractivity contribution is -0.138. The Morgan fingerprint density at radius 2 is 1.76 bits per heavy atom. The molecule has 0 aromatic heterocycles. The fraction of sp³-hybridized carbons (Fsp3) is 0.933. The normalized spacial score (nSPS) is 34.5. The number of piperidine rings is 1. The van der Waals surface area contributed by atoms with Gasteiger partial charge in [-0.2, -0.15) is 0 Å². The van der Waals surface area contributed by atoms with E-state index in [1.54, 1.807) is 0 Å². The van der Waals surface area contributed by atoms with E-state index in [1.807, 2.05) is 0 Å². The second-order valence-electron chi connectivity index (χ2n) is 6.70. The highest BCUT2D eigenvalue weighted by atomic mass is 16.1. The number of nitrogens with zero attached hydrogens (tertiary/aromatic N) is 1. The first-order valence-electron chi connectivity index (χ1n) is 7.22. The van der Waals surface area contributed by atoms with Crippen molar-refractivity contribution >= 4 is 5.78 Å². The molecule has 2 heteroatoms. The Morgan fingerprint density at radius 1 is 1.18 bits per heavy atom. The zero-order valence-corrected chi connectivity index (χ0v) is 11.8. The van der Waals surface area contributed by atoms with Crippen LogP contribution in [-0.2, 0) is 4.79 Å². The second kappa shape index (κ2) is 4.72. The Labute approximate surface area is 106 Å². The number of rotatable bonds is 1. The van der Waals surface area contributed by atoms with E-state index in [2.05, 4.69) is 32.6 Å². The van der Waals surface area contributed by atoms with Gasteiger partial charge in [-0.25, -0.2) is 0 Å². The van der Waals surface area contributed by atoms with Crippen molar-refractivity contribution in [3.05, 3.63) is 0 Å². The Kier molecular flexibility index (Phi) is 3.63. The molecular weight excluding hydrogens is 210 g/mol. The van der Waals surface area contributed by atoms with Gasteiger partial charge in [0.15, 0.2) is 0 Å². The summed E-state index contributed by atoms with van der Waals surface area (Å²) in [4.78, 5) is 14.9. The monoisotopic (exact) mass is 237 g/mol. The van der Waals surface area contributed by atoms with Gasteiger partial charge in [-0.15, -0.1) is 0 Å². The molecule has 1 aliphatic heterocycles. The summed E-state index contributed by atoms with van der Waals surface area (Å²) in [7, 11) is 0. The van der Waals surface area contributed by atoms with Crippen LogP contribution in [0.2, 0.25) is 0 Å². The molecule has 1 spiro atoms. The molecule has 0 N–H and O–H groups in total. The molecule has 1 aliphatic carbocycles. The zero-order valence-electron chi connectivity index (χ0n) is 11.8. The van der Waals surface area contributed by atoms with Crippen LogP contribution in [0.3, 0.4) is 0 Å². The van der Waals surface area contributed by atoms with Gasteiger partial charge in [-0.05, 0) is 58.0 Å². The molecule has 2 aliphatic rings. The third-order valence-corrected chi connectivity index (χ3v) is 5.27. The van der Waals surface area contributed by atoms with Gasteiger partial charge < -0.3 is 4.90 Å². The Morgan fingerprint density at radius 3 is 2.29 bits per heavy atom. The highest BCUT2D eigenvalue weighted by Crippen LogP contribution is 2.46. The van der Waals surface area contributed by atoms with Gasteiger partial charge in [0.25, 0.3) is 0 Å². The molecular formula is C15H27NO. The lowest BCUT2D eigenvalue weighted by Crippen LogP contribution is -2.50. The third kappa shape index (κ3) is 2.42. The van der Waals surface area contributed by atoms with Crippen LogP contribution in [0, 0.1) is 17.3 Å². The van der Waals surface area contributed by atoms with Crippen LogP contribution in [-0.4, -0.2) is 29.8 Å². The van der Waals surface area contributed by atoms with Crippen molar-refractivity contribution in [1.29, 1.82) is 0 Å². The van der Waals surface area contributed by atoms with Crippen LogP contribution in [0.1, 0.15) is 53.4 Å². The first-order valence-corrected chi connectivity index (χ1v) is 7.22. The predicted octanol–water partition coefficient (Wildman–Crippen LogP) is 3.11. The molecule has 0 radical (unpaired) electrons. The van der Waals surface area contributed by atoms with E-state index in [0.717, 1.165) is 44.7 Å². The van der Waals surface area contributed by atoms with Crippen LogP contribution in [0.25, 0.3) is 0 Å². The summed E-state index contributed by atoms with van der Waals surface area (Å²) in [6.07, 6.45) is 4.16. The van der Waals surface area contributed by atoms with Crippen LogP contribution in [0.15, 0.2) is 0 Å². The molecule has 0 amide bonds.